The summed E-state index contributed by atoms with van der Waals surface area (Å²) in [6, 6.07) is 6.62. The molecule has 3 aliphatic rings. The van der Waals surface area contributed by atoms with Gasteiger partial charge in [0.05, 0.1) is 5.92 Å². The lowest BCUT2D eigenvalue weighted by Gasteiger charge is -2.39. The van der Waals surface area contributed by atoms with Crippen molar-refractivity contribution in [3.8, 4) is 0 Å². The van der Waals surface area contributed by atoms with Crippen molar-refractivity contribution in [3.05, 3.63) is 24.4 Å². The first kappa shape index (κ1) is 18.3. The molecule has 1 aromatic heterocycles. The molecule has 2 aliphatic heterocycles. The third-order valence-electron chi connectivity index (χ3n) is 6.38. The van der Waals surface area contributed by atoms with E-state index in [9.17, 15) is 9.59 Å². The Morgan fingerprint density at radius 2 is 1.85 bits per heavy atom. The van der Waals surface area contributed by atoms with E-state index in [1.165, 1.54) is 12.8 Å². The normalized spacial score (nSPS) is 25.0. The average Bonchev–Trinajstić information content (AvgIpc) is 3.24. The smallest absolute Gasteiger partial charge is 0.227 e. The largest absolute Gasteiger partial charge is 0.367 e. The van der Waals surface area contributed by atoms with Crippen molar-refractivity contribution >= 4 is 17.6 Å². The number of hydrogen-bond donors (Lipinski definition) is 1. The van der Waals surface area contributed by atoms with Gasteiger partial charge in [-0.15, -0.1) is 0 Å². The molecule has 4 rings (SSSR count). The molecule has 0 unspecified atom stereocenters. The zero-order valence-corrected chi connectivity index (χ0v) is 16.0. The van der Waals surface area contributed by atoms with E-state index in [0.29, 0.717) is 31.5 Å². The van der Waals surface area contributed by atoms with Crippen LogP contribution in [0.25, 0.3) is 0 Å². The molecule has 146 valence electrons. The SMILES string of the molecule is O=C([C@H]1CCC(=O)N(C2CCCC2)C1)N1CCC(Nc2ccccn2)CC1. The van der Waals surface area contributed by atoms with Crippen LogP contribution < -0.4 is 5.32 Å². The Labute approximate surface area is 161 Å². The number of likely N-dealkylation sites (tertiary alicyclic amines) is 2. The van der Waals surface area contributed by atoms with Crippen LogP contribution in [0.1, 0.15) is 51.4 Å². The fourth-order valence-corrected chi connectivity index (χ4v) is 4.80. The standard InChI is InChI=1S/C21H30N4O2/c26-20-9-8-16(15-25(20)18-5-1-2-6-18)21(27)24-13-10-17(11-14-24)23-19-7-3-4-12-22-19/h3-4,7,12,16-18H,1-2,5-6,8-11,13-15H2,(H,22,23)/t16-/m0/s1. The molecule has 1 aromatic rings. The van der Waals surface area contributed by atoms with Gasteiger partial charge in [0, 0.05) is 44.3 Å². The number of carbonyl (C=O) groups excluding carboxylic acids is 2. The van der Waals surface area contributed by atoms with Gasteiger partial charge in [-0.2, -0.15) is 0 Å². The summed E-state index contributed by atoms with van der Waals surface area (Å²) in [4.78, 5) is 33.7. The number of aromatic nitrogens is 1. The molecule has 1 N–H and O–H groups in total. The first-order valence-electron chi connectivity index (χ1n) is 10.5. The number of anilines is 1. The Morgan fingerprint density at radius 1 is 1.07 bits per heavy atom. The van der Waals surface area contributed by atoms with Gasteiger partial charge in [-0.25, -0.2) is 4.98 Å². The fourth-order valence-electron chi connectivity index (χ4n) is 4.80. The van der Waals surface area contributed by atoms with Gasteiger partial charge >= 0.3 is 0 Å². The van der Waals surface area contributed by atoms with Crippen LogP contribution in [0.5, 0.6) is 0 Å². The number of hydrogen-bond acceptors (Lipinski definition) is 4. The quantitative estimate of drug-likeness (QED) is 0.885. The van der Waals surface area contributed by atoms with Crippen molar-refractivity contribution in [2.45, 2.75) is 63.5 Å². The number of piperidine rings is 2. The third-order valence-corrected chi connectivity index (χ3v) is 6.38. The van der Waals surface area contributed by atoms with Crippen molar-refractivity contribution in [2.24, 2.45) is 5.92 Å². The molecular formula is C21H30N4O2. The second-order valence-corrected chi connectivity index (χ2v) is 8.18. The monoisotopic (exact) mass is 370 g/mol. The molecule has 3 fully saturated rings. The van der Waals surface area contributed by atoms with E-state index in [1.807, 2.05) is 28.0 Å². The third kappa shape index (κ3) is 4.25. The molecule has 1 aliphatic carbocycles. The molecule has 0 radical (unpaired) electrons. The highest BCUT2D eigenvalue weighted by Crippen LogP contribution is 2.30. The molecule has 27 heavy (non-hydrogen) atoms. The lowest BCUT2D eigenvalue weighted by Crippen LogP contribution is -2.52. The van der Waals surface area contributed by atoms with Crippen molar-refractivity contribution < 1.29 is 9.59 Å². The zero-order chi connectivity index (χ0) is 18.6. The number of nitrogens with one attached hydrogen (secondary N) is 1. The number of pyridine rings is 1. The fraction of sp³-hybridized carbons (Fsp3) is 0.667. The minimum Gasteiger partial charge on any atom is -0.367 e. The van der Waals surface area contributed by atoms with Crippen LogP contribution in [0.15, 0.2) is 24.4 Å². The molecule has 2 saturated heterocycles. The second kappa shape index (κ2) is 8.28. The molecule has 0 aromatic carbocycles. The van der Waals surface area contributed by atoms with E-state index < -0.39 is 0 Å². The summed E-state index contributed by atoms with van der Waals surface area (Å²) in [5.41, 5.74) is 0. The van der Waals surface area contributed by atoms with Crippen LogP contribution >= 0.6 is 0 Å². The van der Waals surface area contributed by atoms with Crippen LogP contribution in [0.2, 0.25) is 0 Å². The molecular weight excluding hydrogens is 340 g/mol. The Morgan fingerprint density at radius 3 is 2.56 bits per heavy atom. The minimum atomic E-state index is -0.0106. The predicted molar refractivity (Wildman–Crippen MR) is 104 cm³/mol. The maximum absolute atomic E-state index is 13.0. The summed E-state index contributed by atoms with van der Waals surface area (Å²) in [5, 5.41) is 3.47. The van der Waals surface area contributed by atoms with E-state index in [2.05, 4.69) is 10.3 Å². The van der Waals surface area contributed by atoms with Crippen LogP contribution in [0.4, 0.5) is 5.82 Å². The number of amides is 2. The van der Waals surface area contributed by atoms with Gasteiger partial charge in [0.15, 0.2) is 0 Å². The summed E-state index contributed by atoms with van der Waals surface area (Å²) in [5.74, 6) is 1.40. The van der Waals surface area contributed by atoms with Crippen LogP contribution in [0, 0.1) is 5.92 Å². The van der Waals surface area contributed by atoms with Gasteiger partial charge in [-0.3, -0.25) is 9.59 Å². The first-order valence-corrected chi connectivity index (χ1v) is 10.5. The molecule has 2 amide bonds. The van der Waals surface area contributed by atoms with E-state index >= 15 is 0 Å². The van der Waals surface area contributed by atoms with E-state index in [1.54, 1.807) is 6.20 Å². The van der Waals surface area contributed by atoms with Crippen molar-refractivity contribution in [1.29, 1.82) is 0 Å². The lowest BCUT2D eigenvalue weighted by molar-refractivity contribution is -0.145. The summed E-state index contributed by atoms with van der Waals surface area (Å²) in [6.07, 6.45) is 9.57. The molecule has 3 heterocycles. The van der Waals surface area contributed by atoms with Crippen LogP contribution in [-0.2, 0) is 9.59 Å². The highest BCUT2D eigenvalue weighted by molar-refractivity contribution is 5.84. The van der Waals surface area contributed by atoms with Gasteiger partial charge in [0.2, 0.25) is 11.8 Å². The Hall–Kier alpha value is -2.11. The van der Waals surface area contributed by atoms with Crippen molar-refractivity contribution in [2.75, 3.05) is 25.0 Å². The topological polar surface area (TPSA) is 65.5 Å². The molecule has 6 heteroatoms. The van der Waals surface area contributed by atoms with Crippen LogP contribution in [0.3, 0.4) is 0 Å². The van der Waals surface area contributed by atoms with E-state index in [4.69, 9.17) is 0 Å². The second-order valence-electron chi connectivity index (χ2n) is 8.18. The summed E-state index contributed by atoms with van der Waals surface area (Å²) in [7, 11) is 0. The van der Waals surface area contributed by atoms with Gasteiger partial charge < -0.3 is 15.1 Å². The van der Waals surface area contributed by atoms with Crippen molar-refractivity contribution in [1.82, 2.24) is 14.8 Å². The molecule has 1 atom stereocenters. The van der Waals surface area contributed by atoms with Gasteiger partial charge in [0.25, 0.3) is 0 Å². The lowest BCUT2D eigenvalue weighted by atomic mass is 9.93. The summed E-state index contributed by atoms with van der Waals surface area (Å²) >= 11 is 0. The average molecular weight is 370 g/mol. The van der Waals surface area contributed by atoms with Crippen molar-refractivity contribution in [3.63, 3.8) is 0 Å². The van der Waals surface area contributed by atoms with E-state index in [0.717, 1.165) is 44.6 Å². The number of nitrogens with zero attached hydrogens (tertiary/aromatic N) is 3. The Bertz CT molecular complexity index is 651. The highest BCUT2D eigenvalue weighted by Gasteiger charge is 2.37. The number of carbonyl (C=O) groups is 2. The minimum absolute atomic E-state index is 0.0106. The molecule has 6 nitrogen and oxygen atoms in total. The Kier molecular flexibility index (Phi) is 5.60. The molecule has 0 bridgehead atoms. The van der Waals surface area contributed by atoms with Crippen LogP contribution in [-0.4, -0.2) is 58.3 Å². The maximum Gasteiger partial charge on any atom is 0.227 e. The summed E-state index contributed by atoms with van der Waals surface area (Å²) in [6.45, 7) is 2.21. The maximum atomic E-state index is 13.0. The van der Waals surface area contributed by atoms with Gasteiger partial charge in [-0.1, -0.05) is 18.9 Å². The molecule has 0 spiro atoms. The zero-order valence-electron chi connectivity index (χ0n) is 16.0. The highest BCUT2D eigenvalue weighted by atomic mass is 16.2. The Balaban J connectivity index is 1.29. The van der Waals surface area contributed by atoms with Gasteiger partial charge in [-0.05, 0) is 44.2 Å². The van der Waals surface area contributed by atoms with Gasteiger partial charge in [0.1, 0.15) is 5.82 Å². The number of rotatable bonds is 4. The first-order chi connectivity index (χ1) is 13.2. The summed E-state index contributed by atoms with van der Waals surface area (Å²) < 4.78 is 0. The van der Waals surface area contributed by atoms with E-state index in [-0.39, 0.29) is 17.7 Å². The predicted octanol–water partition coefficient (Wildman–Crippen LogP) is 2.67. The molecule has 1 saturated carbocycles.